The summed E-state index contributed by atoms with van der Waals surface area (Å²) in [5.41, 5.74) is 32.2. The van der Waals surface area contributed by atoms with Crippen LogP contribution < -0.4 is 34.4 Å². The highest BCUT2D eigenvalue weighted by Crippen LogP contribution is 2.02. The van der Waals surface area contributed by atoms with Crippen LogP contribution in [0.5, 0.6) is 0 Å². The van der Waals surface area contributed by atoms with Gasteiger partial charge in [0.05, 0.1) is 12.8 Å². The van der Waals surface area contributed by atoms with Crippen molar-refractivity contribution in [2.45, 2.75) is 69.7 Å². The molecule has 5 atom stereocenters. The van der Waals surface area contributed by atoms with Crippen molar-refractivity contribution >= 4 is 41.7 Å². The Bertz CT molecular complexity index is 1240. The number of hydrogen-bond donors (Lipinski definition) is 12. The minimum atomic E-state index is -1.29. The van der Waals surface area contributed by atoms with E-state index in [0.29, 0.717) is 12.8 Å². The fourth-order valence-electron chi connectivity index (χ4n) is 2.78. The summed E-state index contributed by atoms with van der Waals surface area (Å²) in [6, 6.07) is 13.9. The lowest BCUT2D eigenvalue weighted by Gasteiger charge is -2.07. The molecule has 2 rings (SSSR count). The maximum Gasteiger partial charge on any atom is 0.321 e. The number of benzene rings is 2. The highest BCUT2D eigenvalue weighted by atomic mass is 16.4. The van der Waals surface area contributed by atoms with Gasteiger partial charge in [0.1, 0.15) is 30.2 Å². The summed E-state index contributed by atoms with van der Waals surface area (Å²) < 4.78 is 0. The highest BCUT2D eigenvalue weighted by Gasteiger charge is 2.16. The molecule has 2 aromatic carbocycles. The summed E-state index contributed by atoms with van der Waals surface area (Å²) in [5.74, 6) is -7.24. The first-order valence-corrected chi connectivity index (χ1v) is 14.5. The first-order chi connectivity index (χ1) is 23.0. The molecule has 0 aliphatic carbocycles. The second-order valence-electron chi connectivity index (χ2n) is 10.5. The maximum atomic E-state index is 10.4. The number of hydrogen-bond acceptors (Lipinski definition) is 12. The molecule has 0 bridgehead atoms. The van der Waals surface area contributed by atoms with Crippen molar-refractivity contribution in [3.05, 3.63) is 71.8 Å². The van der Waals surface area contributed by atoms with Crippen LogP contribution in [0.15, 0.2) is 60.7 Å². The molecule has 0 fully saturated rings. The monoisotopic (exact) mass is 712 g/mol. The Morgan fingerprint density at radius 2 is 0.800 bits per heavy atom. The fraction of sp³-hybridized carbons (Fsp3) is 0.387. The number of aliphatic carboxylic acids is 6. The van der Waals surface area contributed by atoms with Gasteiger partial charge in [0.15, 0.2) is 0 Å². The molecule has 0 spiro atoms. The standard InChI is InChI=1S/2C9H11NO2.C5H11NO2.C4H8N2O3.C4H7NO4/c2*10-8(9(11)12)6-7-4-2-1-3-5-7;1-3(2)4(6)5(7)8;2*5-2(4(8)9)1-3(6)7/h2*1-5,8H,6,10H2,(H,11,12);3-4H,6H2,1-2H3,(H,7,8);2H,1,5H2,(H2,6,7)(H,8,9);2H,1,5H2,(H,6,7)(H,8,9). The van der Waals surface area contributed by atoms with E-state index in [4.69, 9.17) is 59.3 Å². The van der Waals surface area contributed by atoms with Crippen LogP contribution in [0.4, 0.5) is 0 Å². The van der Waals surface area contributed by atoms with E-state index in [2.05, 4.69) is 5.73 Å². The van der Waals surface area contributed by atoms with Crippen molar-refractivity contribution in [2.75, 3.05) is 0 Å². The van der Waals surface area contributed by atoms with E-state index in [1.807, 2.05) is 60.7 Å². The summed E-state index contributed by atoms with van der Waals surface area (Å²) in [7, 11) is 0. The first kappa shape index (κ1) is 48.9. The van der Waals surface area contributed by atoms with Crippen molar-refractivity contribution in [1.29, 1.82) is 0 Å². The summed E-state index contributed by atoms with van der Waals surface area (Å²) >= 11 is 0. The highest BCUT2D eigenvalue weighted by molar-refractivity contribution is 5.83. The van der Waals surface area contributed by atoms with E-state index >= 15 is 0 Å². The van der Waals surface area contributed by atoms with Gasteiger partial charge in [-0.1, -0.05) is 74.5 Å². The molecule has 18 N–H and O–H groups in total. The van der Waals surface area contributed by atoms with E-state index in [1.165, 1.54) is 0 Å². The lowest BCUT2D eigenvalue weighted by molar-refractivity contribution is -0.144. The average molecular weight is 713 g/mol. The molecule has 280 valence electrons. The van der Waals surface area contributed by atoms with E-state index in [0.717, 1.165) is 11.1 Å². The van der Waals surface area contributed by atoms with Crippen molar-refractivity contribution in [3.63, 3.8) is 0 Å². The number of amides is 1. The summed E-state index contributed by atoms with van der Waals surface area (Å²) in [6.07, 6.45) is -0.0724. The summed E-state index contributed by atoms with van der Waals surface area (Å²) in [5, 5.41) is 49.4. The molecule has 0 aromatic heterocycles. The fourth-order valence-corrected chi connectivity index (χ4v) is 2.78. The predicted molar refractivity (Wildman–Crippen MR) is 179 cm³/mol. The van der Waals surface area contributed by atoms with E-state index < -0.39 is 78.4 Å². The number of carbonyl (C=O) groups excluding carboxylic acids is 1. The predicted octanol–water partition coefficient (Wildman–Crippen LogP) is -1.52. The molecule has 0 radical (unpaired) electrons. The van der Waals surface area contributed by atoms with Crippen LogP contribution in [0.25, 0.3) is 0 Å². The van der Waals surface area contributed by atoms with Crippen molar-refractivity contribution in [1.82, 2.24) is 0 Å². The van der Waals surface area contributed by atoms with Gasteiger partial charge in [0.2, 0.25) is 5.91 Å². The normalized spacial score (nSPS) is 12.7. The third-order valence-electron chi connectivity index (χ3n) is 5.68. The van der Waals surface area contributed by atoms with Gasteiger partial charge in [-0.25, -0.2) is 0 Å². The van der Waals surface area contributed by atoms with Crippen LogP contribution in [-0.4, -0.2) is 103 Å². The van der Waals surface area contributed by atoms with Gasteiger partial charge in [-0.2, -0.15) is 0 Å². The molecule has 0 heterocycles. The molecule has 19 heteroatoms. The zero-order valence-corrected chi connectivity index (χ0v) is 27.6. The van der Waals surface area contributed by atoms with Crippen LogP contribution in [-0.2, 0) is 46.4 Å². The molecule has 1 amide bonds. The van der Waals surface area contributed by atoms with Crippen molar-refractivity contribution < 1.29 is 64.2 Å². The summed E-state index contributed by atoms with van der Waals surface area (Å²) in [6.45, 7) is 3.55. The van der Waals surface area contributed by atoms with Crippen LogP contribution in [0.1, 0.15) is 37.8 Å². The number of carboxylic acids is 6. The van der Waals surface area contributed by atoms with Gasteiger partial charge in [0.25, 0.3) is 0 Å². The largest absolute Gasteiger partial charge is 0.481 e. The van der Waals surface area contributed by atoms with Gasteiger partial charge in [-0.3, -0.25) is 33.6 Å². The van der Waals surface area contributed by atoms with Gasteiger partial charge in [-0.15, -0.1) is 0 Å². The SMILES string of the molecule is CC(C)C(N)C(=O)O.NC(=O)CC(N)C(=O)O.NC(CC(=O)O)C(=O)O.NC(Cc1ccccc1)C(=O)O.NC(Cc1ccccc1)C(=O)O. The third kappa shape index (κ3) is 28.7. The Morgan fingerprint density at radius 1 is 0.500 bits per heavy atom. The Labute approximate surface area is 287 Å². The molecule has 0 aliphatic heterocycles. The molecule has 5 unspecified atom stereocenters. The summed E-state index contributed by atoms with van der Waals surface area (Å²) in [4.78, 5) is 70.3. The Kier molecular flexibility index (Phi) is 26.9. The first-order valence-electron chi connectivity index (χ1n) is 14.5. The topological polar surface area (TPSA) is 397 Å². The average Bonchev–Trinajstić information content (AvgIpc) is 3.02. The molecule has 0 aliphatic rings. The van der Waals surface area contributed by atoms with Gasteiger partial charge in [-0.05, 0) is 29.9 Å². The number of nitrogens with two attached hydrogens (primary N) is 6. The lowest BCUT2D eigenvalue weighted by Crippen LogP contribution is -2.34. The molecule has 0 saturated heterocycles. The third-order valence-corrected chi connectivity index (χ3v) is 5.68. The lowest BCUT2D eigenvalue weighted by atomic mass is 10.1. The molecule has 0 saturated carbocycles. The number of carbonyl (C=O) groups is 7. The second-order valence-corrected chi connectivity index (χ2v) is 10.5. The number of rotatable bonds is 14. The van der Waals surface area contributed by atoms with Crippen LogP contribution in [0.2, 0.25) is 0 Å². The van der Waals surface area contributed by atoms with Gasteiger partial charge in [0, 0.05) is 0 Å². The zero-order chi connectivity index (χ0) is 39.6. The van der Waals surface area contributed by atoms with Crippen LogP contribution >= 0.6 is 0 Å². The van der Waals surface area contributed by atoms with E-state index in [9.17, 15) is 33.6 Å². The maximum absolute atomic E-state index is 10.4. The quantitative estimate of drug-likeness (QED) is 0.106. The van der Waals surface area contributed by atoms with Gasteiger partial charge >= 0.3 is 35.8 Å². The van der Waals surface area contributed by atoms with Gasteiger partial charge < -0.3 is 65.0 Å². The van der Waals surface area contributed by atoms with Crippen LogP contribution in [0.3, 0.4) is 0 Å². The molecule has 19 nitrogen and oxygen atoms in total. The number of carboxylic acid groups (broad SMARTS) is 6. The van der Waals surface area contributed by atoms with Crippen molar-refractivity contribution in [3.8, 4) is 0 Å². The number of primary amides is 1. The van der Waals surface area contributed by atoms with E-state index in [-0.39, 0.29) is 12.3 Å². The minimum absolute atomic E-state index is 0.0208. The molecule has 2 aromatic rings. The Balaban J connectivity index is -0.000000559. The second kappa shape index (κ2) is 27.5. The smallest absolute Gasteiger partial charge is 0.321 e. The zero-order valence-electron chi connectivity index (χ0n) is 27.6. The molecule has 50 heavy (non-hydrogen) atoms. The van der Waals surface area contributed by atoms with Crippen molar-refractivity contribution in [2.24, 2.45) is 40.3 Å². The molecular formula is C31H48N6O13. The minimum Gasteiger partial charge on any atom is -0.481 e. The van der Waals surface area contributed by atoms with E-state index in [1.54, 1.807) is 13.8 Å². The Morgan fingerprint density at radius 3 is 0.960 bits per heavy atom. The molecular weight excluding hydrogens is 664 g/mol. The Hall–Kier alpha value is -5.47. The van der Waals surface area contributed by atoms with Crippen LogP contribution in [0, 0.1) is 5.92 Å².